The van der Waals surface area contributed by atoms with E-state index in [2.05, 4.69) is 5.73 Å². The first-order valence-electron chi connectivity index (χ1n) is 2.91. The van der Waals surface area contributed by atoms with Gasteiger partial charge in [0.1, 0.15) is 6.04 Å². The molecule has 0 saturated carbocycles. The maximum atomic E-state index is 10.0. The van der Waals surface area contributed by atoms with Gasteiger partial charge in [-0.3, -0.25) is 0 Å². The van der Waals surface area contributed by atoms with Crippen molar-refractivity contribution in [2.75, 3.05) is 18.1 Å². The summed E-state index contributed by atoms with van der Waals surface area (Å²) in [6.45, 7) is 0.0738. The van der Waals surface area contributed by atoms with Crippen LogP contribution in [0, 0.1) is 0 Å². The highest BCUT2D eigenvalue weighted by atomic mass is 32.2. The lowest BCUT2D eigenvalue weighted by Gasteiger charge is -2.07. The van der Waals surface area contributed by atoms with Crippen LogP contribution >= 0.6 is 11.8 Å². The second-order valence-corrected chi connectivity index (χ2v) is 2.96. The van der Waals surface area contributed by atoms with Crippen LogP contribution in [0.1, 0.15) is 0 Å². The second-order valence-electron chi connectivity index (χ2n) is 1.81. The normalized spacial score (nSPS) is 13.0. The highest BCUT2D eigenvalue weighted by molar-refractivity contribution is 7.99. The summed E-state index contributed by atoms with van der Waals surface area (Å²) in [5.41, 5.74) is 3.34. The Morgan fingerprint density at radius 1 is 1.80 bits per heavy atom. The van der Waals surface area contributed by atoms with Crippen LogP contribution in [0.25, 0.3) is 0 Å². The topological polar surface area (TPSA) is 88.0 Å². The summed E-state index contributed by atoms with van der Waals surface area (Å²) < 4.78 is 0. The Morgan fingerprint density at radius 2 is 2.40 bits per heavy atom. The zero-order chi connectivity index (χ0) is 7.98. The summed E-state index contributed by atoms with van der Waals surface area (Å²) >= 11 is 1.36. The second kappa shape index (κ2) is 5.52. The fourth-order valence-corrected chi connectivity index (χ4v) is 1.07. The van der Waals surface area contributed by atoms with Gasteiger partial charge in [-0.15, -0.1) is 0 Å². The predicted octanol–water partition coefficient (Wildman–Crippen LogP) is -2.93. The lowest BCUT2D eigenvalue weighted by molar-refractivity contribution is -0.431. The van der Waals surface area contributed by atoms with Gasteiger partial charge in [-0.2, -0.15) is 11.8 Å². The van der Waals surface area contributed by atoms with Gasteiger partial charge < -0.3 is 20.7 Å². The van der Waals surface area contributed by atoms with Crippen molar-refractivity contribution in [2.24, 2.45) is 0 Å². The van der Waals surface area contributed by atoms with Crippen molar-refractivity contribution < 1.29 is 20.7 Å². The molecule has 0 amide bonds. The Morgan fingerprint density at radius 3 is 2.80 bits per heavy atom. The first kappa shape index (κ1) is 9.74. The lowest BCUT2D eigenvalue weighted by atomic mass is 10.4. The van der Waals surface area contributed by atoms with Crippen LogP contribution in [0.5, 0.6) is 0 Å². The van der Waals surface area contributed by atoms with Gasteiger partial charge in [0.2, 0.25) is 0 Å². The molecule has 10 heavy (non-hydrogen) atoms. The number of aliphatic hydroxyl groups excluding tert-OH is 1. The molecule has 0 aromatic carbocycles. The summed E-state index contributed by atoms with van der Waals surface area (Å²) in [6.07, 6.45) is 0. The molecule has 0 bridgehead atoms. The molecule has 0 saturated heterocycles. The van der Waals surface area contributed by atoms with E-state index in [9.17, 15) is 9.90 Å². The Kier molecular flexibility index (Phi) is 5.38. The van der Waals surface area contributed by atoms with Gasteiger partial charge in [-0.05, 0) is 0 Å². The average molecular weight is 165 g/mol. The molecule has 4 nitrogen and oxygen atoms in total. The number of hydrogen-bond donors (Lipinski definition) is 2. The molecular formula is C5H11NO3S. The van der Waals surface area contributed by atoms with Gasteiger partial charge in [0.15, 0.2) is 0 Å². The third-order valence-corrected chi connectivity index (χ3v) is 2.00. The molecule has 60 valence electrons. The van der Waals surface area contributed by atoms with Crippen LogP contribution in [-0.4, -0.2) is 35.2 Å². The number of carboxylic acids is 1. The van der Waals surface area contributed by atoms with E-state index in [0.717, 1.165) is 0 Å². The SMILES string of the molecule is [NH3+]C(CSCCO)C(=O)[O-]. The number of carbonyl (C=O) groups excluding carboxylic acids is 1. The van der Waals surface area contributed by atoms with Crippen molar-refractivity contribution in [3.8, 4) is 0 Å². The van der Waals surface area contributed by atoms with Crippen molar-refractivity contribution in [1.29, 1.82) is 0 Å². The molecule has 0 fully saturated rings. The number of aliphatic carboxylic acids is 1. The van der Waals surface area contributed by atoms with Crippen LogP contribution in [0.3, 0.4) is 0 Å². The summed E-state index contributed by atoms with van der Waals surface area (Å²) in [5, 5.41) is 18.4. The third kappa shape index (κ3) is 4.60. The standard InChI is InChI=1S/C5H11NO3S/c6-4(5(8)9)3-10-2-1-7/h4,7H,1-3,6H2,(H,8,9). The number of thioether (sulfide) groups is 1. The van der Waals surface area contributed by atoms with E-state index in [4.69, 9.17) is 5.11 Å². The maximum Gasteiger partial charge on any atom is 0.134 e. The zero-order valence-electron chi connectivity index (χ0n) is 5.58. The van der Waals surface area contributed by atoms with E-state index in [1.165, 1.54) is 11.8 Å². The van der Waals surface area contributed by atoms with Crippen LogP contribution in [0.4, 0.5) is 0 Å². The number of carboxylic acid groups (broad SMARTS) is 1. The van der Waals surface area contributed by atoms with Crippen molar-refractivity contribution in [1.82, 2.24) is 0 Å². The molecule has 0 aliphatic carbocycles. The summed E-state index contributed by atoms with van der Waals surface area (Å²) in [4.78, 5) is 10.0. The summed E-state index contributed by atoms with van der Waals surface area (Å²) in [5.74, 6) is -0.173. The fourth-order valence-electron chi connectivity index (χ4n) is 0.358. The molecule has 0 heterocycles. The number of rotatable bonds is 5. The molecule has 0 spiro atoms. The Hall–Kier alpha value is -0.260. The van der Waals surface area contributed by atoms with E-state index in [-0.39, 0.29) is 6.61 Å². The largest absolute Gasteiger partial charge is 0.544 e. The van der Waals surface area contributed by atoms with E-state index in [1.807, 2.05) is 0 Å². The molecule has 0 radical (unpaired) electrons. The van der Waals surface area contributed by atoms with Gasteiger partial charge >= 0.3 is 0 Å². The van der Waals surface area contributed by atoms with Crippen LogP contribution in [-0.2, 0) is 4.79 Å². The molecule has 0 aromatic rings. The molecule has 1 atom stereocenters. The van der Waals surface area contributed by atoms with Gasteiger partial charge in [-0.1, -0.05) is 0 Å². The average Bonchev–Trinajstić information content (AvgIpc) is 1.88. The molecule has 0 aliphatic heterocycles. The summed E-state index contributed by atoms with van der Waals surface area (Å²) in [6, 6.07) is -0.670. The quantitative estimate of drug-likeness (QED) is 0.427. The van der Waals surface area contributed by atoms with E-state index in [0.29, 0.717) is 11.5 Å². The maximum absolute atomic E-state index is 10.0. The molecule has 5 heteroatoms. The number of aliphatic hydroxyl groups is 1. The Labute approximate surface area is 63.4 Å². The minimum Gasteiger partial charge on any atom is -0.544 e. The Balaban J connectivity index is 3.21. The van der Waals surface area contributed by atoms with Crippen LogP contribution in [0.2, 0.25) is 0 Å². The van der Waals surface area contributed by atoms with Crippen molar-refractivity contribution >= 4 is 17.7 Å². The predicted molar refractivity (Wildman–Crippen MR) is 36.1 cm³/mol. The fraction of sp³-hybridized carbons (Fsp3) is 0.800. The van der Waals surface area contributed by atoms with Crippen molar-refractivity contribution in [2.45, 2.75) is 6.04 Å². The van der Waals surface area contributed by atoms with E-state index >= 15 is 0 Å². The van der Waals surface area contributed by atoms with Crippen molar-refractivity contribution in [3.05, 3.63) is 0 Å². The van der Waals surface area contributed by atoms with Gasteiger partial charge in [0.25, 0.3) is 0 Å². The Bertz CT molecular complexity index is 109. The molecule has 0 aromatic heterocycles. The van der Waals surface area contributed by atoms with Crippen LogP contribution < -0.4 is 10.8 Å². The molecule has 4 N–H and O–H groups in total. The third-order valence-electron chi connectivity index (χ3n) is 0.888. The molecule has 0 aliphatic rings. The van der Waals surface area contributed by atoms with Crippen molar-refractivity contribution in [3.63, 3.8) is 0 Å². The molecule has 0 rings (SSSR count). The smallest absolute Gasteiger partial charge is 0.134 e. The lowest BCUT2D eigenvalue weighted by Crippen LogP contribution is -2.69. The van der Waals surface area contributed by atoms with E-state index in [1.54, 1.807) is 0 Å². The highest BCUT2D eigenvalue weighted by Crippen LogP contribution is 1.98. The first-order chi connectivity index (χ1) is 4.68. The minimum atomic E-state index is -1.13. The van der Waals surface area contributed by atoms with Gasteiger partial charge in [0, 0.05) is 5.75 Å². The molecular weight excluding hydrogens is 154 g/mol. The van der Waals surface area contributed by atoms with Crippen LogP contribution in [0.15, 0.2) is 0 Å². The minimum absolute atomic E-state index is 0.0738. The number of carbonyl (C=O) groups is 1. The number of quaternary nitrogens is 1. The van der Waals surface area contributed by atoms with Gasteiger partial charge in [0.05, 0.1) is 18.3 Å². The van der Waals surface area contributed by atoms with Gasteiger partial charge in [-0.25, -0.2) is 0 Å². The number of hydrogen-bond acceptors (Lipinski definition) is 4. The summed E-state index contributed by atoms with van der Waals surface area (Å²) in [7, 11) is 0. The van der Waals surface area contributed by atoms with E-state index < -0.39 is 12.0 Å². The zero-order valence-corrected chi connectivity index (χ0v) is 6.39. The first-order valence-corrected chi connectivity index (χ1v) is 4.06. The highest BCUT2D eigenvalue weighted by Gasteiger charge is 2.05. The molecule has 1 unspecified atom stereocenters. The monoisotopic (exact) mass is 165 g/mol.